The number of quaternary nitrogens is 1. The van der Waals surface area contributed by atoms with E-state index in [1.165, 1.54) is 101 Å². The minimum absolute atomic E-state index is 0.233. The van der Waals surface area contributed by atoms with Crippen LogP contribution in [-0.2, 0) is 4.79 Å². The molecule has 29 heavy (non-hydrogen) atoms. The normalized spacial score (nSPS) is 11.4. The maximum atomic E-state index is 10.2. The van der Waals surface area contributed by atoms with Crippen LogP contribution in [-0.4, -0.2) is 36.6 Å². The second-order valence-electron chi connectivity index (χ2n) is 9.15. The number of carboxylic acids is 1. The summed E-state index contributed by atoms with van der Waals surface area (Å²) < 4.78 is 1.28. The van der Waals surface area contributed by atoms with E-state index in [2.05, 4.69) is 41.5 Å². The van der Waals surface area contributed by atoms with Gasteiger partial charge >= 0.3 is 0 Å². The van der Waals surface area contributed by atoms with E-state index in [1.807, 2.05) is 0 Å². The van der Waals surface area contributed by atoms with E-state index in [0.29, 0.717) is 0 Å². The monoisotopic (exact) mass is 413 g/mol. The highest BCUT2D eigenvalue weighted by Crippen LogP contribution is 2.14. The molecule has 0 fully saturated rings. The van der Waals surface area contributed by atoms with E-state index in [0.717, 1.165) is 18.8 Å². The average molecular weight is 414 g/mol. The van der Waals surface area contributed by atoms with E-state index in [1.54, 1.807) is 0 Å². The standard InChI is InChI=1S/C18H36O2.C8H20N/c1-17(2)15-13-11-9-7-5-3-4-6-8-10-12-14-16-18(19)20;1-5-9(6-2,7-3)8-4/h17H,3-16H2,1-2H3,(H,19,20);5-8H2,1-4H3/q;+1/p-1. The zero-order chi connectivity index (χ0) is 22.4. The lowest BCUT2D eigenvalue weighted by Crippen LogP contribution is -2.47. The molecule has 176 valence electrons. The zero-order valence-electron chi connectivity index (χ0n) is 21.1. The Kier molecular flexibility index (Phi) is 23.4. The van der Waals surface area contributed by atoms with Crippen molar-refractivity contribution in [3.05, 3.63) is 0 Å². The molecule has 3 nitrogen and oxygen atoms in total. The summed E-state index contributed by atoms with van der Waals surface area (Å²) in [5.41, 5.74) is 0. The molecule has 0 saturated heterocycles. The molecule has 0 N–H and O–H groups in total. The Morgan fingerprint density at radius 2 is 0.931 bits per heavy atom. The second kappa shape index (κ2) is 22.1. The predicted octanol–water partition coefficient (Wildman–Crippen LogP) is 6.74. The van der Waals surface area contributed by atoms with Crippen LogP contribution in [0.25, 0.3) is 0 Å². The van der Waals surface area contributed by atoms with Crippen molar-refractivity contribution in [2.24, 2.45) is 5.92 Å². The summed E-state index contributed by atoms with van der Waals surface area (Å²) >= 11 is 0. The fourth-order valence-electron chi connectivity index (χ4n) is 3.93. The van der Waals surface area contributed by atoms with Crippen LogP contribution < -0.4 is 5.11 Å². The number of rotatable bonds is 19. The zero-order valence-corrected chi connectivity index (χ0v) is 21.1. The highest BCUT2D eigenvalue weighted by Gasteiger charge is 2.16. The van der Waals surface area contributed by atoms with Crippen LogP contribution in [0.5, 0.6) is 0 Å². The number of carbonyl (C=O) groups excluding carboxylic acids is 1. The fourth-order valence-corrected chi connectivity index (χ4v) is 3.93. The van der Waals surface area contributed by atoms with Gasteiger partial charge in [0.05, 0.1) is 26.2 Å². The van der Waals surface area contributed by atoms with Gasteiger partial charge in [0, 0.05) is 5.97 Å². The molecule has 0 aromatic carbocycles. The molecule has 0 atom stereocenters. The van der Waals surface area contributed by atoms with Crippen LogP contribution >= 0.6 is 0 Å². The van der Waals surface area contributed by atoms with Gasteiger partial charge < -0.3 is 14.4 Å². The van der Waals surface area contributed by atoms with Gasteiger partial charge in [-0.2, -0.15) is 0 Å². The van der Waals surface area contributed by atoms with Crippen molar-refractivity contribution in [2.45, 2.75) is 131 Å². The van der Waals surface area contributed by atoms with E-state index in [-0.39, 0.29) is 6.42 Å². The van der Waals surface area contributed by atoms with Crippen LogP contribution in [0.3, 0.4) is 0 Å². The maximum Gasteiger partial charge on any atom is 0.0757 e. The number of aliphatic carboxylic acids is 1. The van der Waals surface area contributed by atoms with Gasteiger partial charge in [-0.3, -0.25) is 0 Å². The van der Waals surface area contributed by atoms with Gasteiger partial charge in [0.25, 0.3) is 0 Å². The lowest BCUT2D eigenvalue weighted by Gasteiger charge is -2.34. The van der Waals surface area contributed by atoms with Gasteiger partial charge in [-0.25, -0.2) is 0 Å². The van der Waals surface area contributed by atoms with Gasteiger partial charge in [-0.1, -0.05) is 90.9 Å². The smallest absolute Gasteiger partial charge is 0.0757 e. The molecule has 0 aliphatic carbocycles. The molecule has 0 aromatic heterocycles. The topological polar surface area (TPSA) is 40.1 Å². The first-order valence-corrected chi connectivity index (χ1v) is 12.9. The third-order valence-electron chi connectivity index (χ3n) is 6.60. The molecule has 0 aliphatic heterocycles. The van der Waals surface area contributed by atoms with Crippen molar-refractivity contribution >= 4 is 5.97 Å². The third-order valence-corrected chi connectivity index (χ3v) is 6.60. The largest absolute Gasteiger partial charge is 0.550 e. The Balaban J connectivity index is 0. The Morgan fingerprint density at radius 3 is 1.17 bits per heavy atom. The summed E-state index contributed by atoms with van der Waals surface area (Å²) in [5.74, 6) is -0.0415. The minimum Gasteiger partial charge on any atom is -0.550 e. The number of hydrogen-bond donors (Lipinski definition) is 0. The summed E-state index contributed by atoms with van der Waals surface area (Å²) in [4.78, 5) is 10.2. The number of hydrogen-bond acceptors (Lipinski definition) is 2. The lowest BCUT2D eigenvalue weighted by atomic mass is 10.0. The van der Waals surface area contributed by atoms with E-state index in [4.69, 9.17) is 0 Å². The number of carbonyl (C=O) groups is 1. The molecule has 0 amide bonds. The van der Waals surface area contributed by atoms with Crippen LogP contribution in [0.15, 0.2) is 0 Å². The third kappa shape index (κ3) is 21.9. The summed E-state index contributed by atoms with van der Waals surface area (Å²) in [6, 6.07) is 0. The molecule has 0 saturated carbocycles. The van der Waals surface area contributed by atoms with Crippen molar-refractivity contribution < 1.29 is 14.4 Å². The second-order valence-corrected chi connectivity index (χ2v) is 9.15. The molecule has 0 aliphatic rings. The molecule has 0 rings (SSSR count). The first kappa shape index (κ1) is 30.6. The molecule has 0 spiro atoms. The van der Waals surface area contributed by atoms with Crippen molar-refractivity contribution in [3.63, 3.8) is 0 Å². The summed E-state index contributed by atoms with van der Waals surface area (Å²) in [6.07, 6.45) is 17.0. The van der Waals surface area contributed by atoms with Crippen LogP contribution in [0.4, 0.5) is 0 Å². The van der Waals surface area contributed by atoms with Gasteiger partial charge in [0.2, 0.25) is 0 Å². The van der Waals surface area contributed by atoms with Crippen LogP contribution in [0.2, 0.25) is 0 Å². The lowest BCUT2D eigenvalue weighted by molar-refractivity contribution is -0.921. The minimum atomic E-state index is -0.904. The maximum absolute atomic E-state index is 10.2. The summed E-state index contributed by atoms with van der Waals surface area (Å²) in [7, 11) is 0. The molecule has 0 unspecified atom stereocenters. The number of carboxylic acid groups (broad SMARTS) is 1. The highest BCUT2D eigenvalue weighted by atomic mass is 16.4. The van der Waals surface area contributed by atoms with Crippen LogP contribution in [0, 0.1) is 5.92 Å². The van der Waals surface area contributed by atoms with Crippen molar-refractivity contribution in [1.29, 1.82) is 0 Å². The quantitative estimate of drug-likeness (QED) is 0.174. The van der Waals surface area contributed by atoms with E-state index >= 15 is 0 Å². The van der Waals surface area contributed by atoms with Crippen molar-refractivity contribution in [2.75, 3.05) is 26.2 Å². The summed E-state index contributed by atoms with van der Waals surface area (Å²) in [5, 5.41) is 10.2. The first-order valence-electron chi connectivity index (χ1n) is 12.9. The number of unbranched alkanes of at least 4 members (excludes halogenated alkanes) is 11. The Hall–Kier alpha value is -0.570. The molecule has 3 heteroatoms. The van der Waals surface area contributed by atoms with Gasteiger partial charge in [-0.15, -0.1) is 0 Å². The molecular weight excluding hydrogens is 358 g/mol. The van der Waals surface area contributed by atoms with E-state index < -0.39 is 5.97 Å². The van der Waals surface area contributed by atoms with E-state index in [9.17, 15) is 9.90 Å². The Labute approximate surface area is 184 Å². The predicted molar refractivity (Wildman–Crippen MR) is 127 cm³/mol. The Morgan fingerprint density at radius 1 is 0.621 bits per heavy atom. The fraction of sp³-hybridized carbons (Fsp3) is 0.962. The van der Waals surface area contributed by atoms with Crippen molar-refractivity contribution in [3.8, 4) is 0 Å². The van der Waals surface area contributed by atoms with Crippen LogP contribution in [0.1, 0.15) is 131 Å². The van der Waals surface area contributed by atoms with Crippen molar-refractivity contribution in [1.82, 2.24) is 0 Å². The molecule has 0 heterocycles. The number of nitrogens with zero attached hydrogens (tertiary/aromatic N) is 1. The molecular formula is C26H55NO2. The first-order chi connectivity index (χ1) is 13.9. The summed E-state index contributed by atoms with van der Waals surface area (Å²) in [6.45, 7) is 18.8. The molecule has 0 bridgehead atoms. The highest BCUT2D eigenvalue weighted by molar-refractivity contribution is 5.63. The molecule has 0 aromatic rings. The SMILES string of the molecule is CC(C)CCCCCCCCCCCCCCC(=O)[O-].CC[N+](CC)(CC)CC. The average Bonchev–Trinajstić information content (AvgIpc) is 2.70. The van der Waals surface area contributed by atoms with Gasteiger partial charge in [-0.05, 0) is 46.5 Å². The van der Waals surface area contributed by atoms with Gasteiger partial charge in [0.1, 0.15) is 0 Å². The Bertz CT molecular complexity index is 320. The molecule has 0 radical (unpaired) electrons. The van der Waals surface area contributed by atoms with Gasteiger partial charge in [0.15, 0.2) is 0 Å².